The first-order chi connectivity index (χ1) is 10.7. The number of esters is 1. The topological polar surface area (TPSA) is 38.7 Å². The van der Waals surface area contributed by atoms with E-state index < -0.39 is 0 Å². The van der Waals surface area contributed by atoms with Gasteiger partial charge < -0.3 is 4.74 Å². The summed E-state index contributed by atoms with van der Waals surface area (Å²) in [6.07, 6.45) is 4.95. The second kappa shape index (κ2) is 6.44. The van der Waals surface area contributed by atoms with Gasteiger partial charge in [0.25, 0.3) is 0 Å². The quantitative estimate of drug-likeness (QED) is 0.617. The number of aryl methyl sites for hydroxylation is 2. The Hall–Kier alpha value is -1.94. The Morgan fingerprint density at radius 2 is 2.09 bits per heavy atom. The maximum atomic E-state index is 12.3. The number of carbonyl (C=O) groups is 1. The molecule has 0 spiro atoms. The third kappa shape index (κ3) is 2.97. The van der Waals surface area contributed by atoms with Crippen LogP contribution in [0.4, 0.5) is 5.00 Å². The molecule has 3 rings (SSSR count). The van der Waals surface area contributed by atoms with Gasteiger partial charge in [-0.3, -0.25) is 0 Å². The summed E-state index contributed by atoms with van der Waals surface area (Å²) in [5.41, 5.74) is 4.09. The van der Waals surface area contributed by atoms with Gasteiger partial charge in [0, 0.05) is 11.1 Å². The van der Waals surface area contributed by atoms with Gasteiger partial charge in [-0.25, -0.2) is 9.79 Å². The first kappa shape index (κ1) is 15.0. The molecule has 0 bridgehead atoms. The van der Waals surface area contributed by atoms with Crippen LogP contribution >= 0.6 is 11.3 Å². The third-order valence-corrected chi connectivity index (χ3v) is 4.99. The van der Waals surface area contributed by atoms with Crippen molar-refractivity contribution in [3.8, 4) is 0 Å². The standard InChI is InChI=1S/C18H19NO2S/c1-3-21-18(20)16-14-5-4-6-15(14)22-17(16)19-11-13-9-7-12(2)8-10-13/h7-11H,3-6H2,1-2H3. The Kier molecular flexibility index (Phi) is 4.39. The zero-order chi connectivity index (χ0) is 15.5. The molecular formula is C18H19NO2S. The van der Waals surface area contributed by atoms with E-state index in [1.165, 1.54) is 10.4 Å². The fourth-order valence-corrected chi connectivity index (χ4v) is 3.90. The Bertz CT molecular complexity index is 713. The molecule has 1 heterocycles. The van der Waals surface area contributed by atoms with Crippen LogP contribution in [0.15, 0.2) is 29.3 Å². The fraction of sp³-hybridized carbons (Fsp3) is 0.333. The number of rotatable bonds is 4. The first-order valence-corrected chi connectivity index (χ1v) is 8.43. The van der Waals surface area contributed by atoms with Crippen LogP contribution in [-0.4, -0.2) is 18.8 Å². The lowest BCUT2D eigenvalue weighted by molar-refractivity contribution is 0.0527. The molecule has 0 atom stereocenters. The van der Waals surface area contributed by atoms with Gasteiger partial charge in [0.05, 0.1) is 12.2 Å². The molecule has 2 aromatic rings. The van der Waals surface area contributed by atoms with Crippen molar-refractivity contribution in [1.29, 1.82) is 0 Å². The molecule has 0 amide bonds. The highest BCUT2D eigenvalue weighted by Crippen LogP contribution is 2.41. The summed E-state index contributed by atoms with van der Waals surface area (Å²) < 4.78 is 5.21. The second-order valence-electron chi connectivity index (χ2n) is 5.43. The minimum Gasteiger partial charge on any atom is -0.462 e. The highest BCUT2D eigenvalue weighted by molar-refractivity contribution is 7.16. The molecule has 0 fully saturated rings. The van der Waals surface area contributed by atoms with Crippen LogP contribution in [-0.2, 0) is 17.6 Å². The number of benzene rings is 1. The van der Waals surface area contributed by atoms with E-state index in [9.17, 15) is 4.79 Å². The minimum absolute atomic E-state index is 0.238. The highest BCUT2D eigenvalue weighted by Gasteiger charge is 2.27. The van der Waals surface area contributed by atoms with Gasteiger partial charge >= 0.3 is 5.97 Å². The van der Waals surface area contributed by atoms with Crippen LogP contribution in [0, 0.1) is 6.92 Å². The highest BCUT2D eigenvalue weighted by atomic mass is 32.1. The molecule has 1 aromatic carbocycles. The molecule has 0 aliphatic heterocycles. The lowest BCUT2D eigenvalue weighted by Crippen LogP contribution is -2.06. The third-order valence-electron chi connectivity index (χ3n) is 3.79. The van der Waals surface area contributed by atoms with E-state index in [2.05, 4.69) is 24.0 Å². The van der Waals surface area contributed by atoms with Crippen molar-refractivity contribution in [3.05, 3.63) is 51.4 Å². The molecule has 22 heavy (non-hydrogen) atoms. The number of hydrogen-bond donors (Lipinski definition) is 0. The van der Waals surface area contributed by atoms with Gasteiger partial charge in [-0.15, -0.1) is 11.3 Å². The van der Waals surface area contributed by atoms with Gasteiger partial charge in [-0.2, -0.15) is 0 Å². The number of ether oxygens (including phenoxy) is 1. The van der Waals surface area contributed by atoms with Crippen molar-refractivity contribution in [1.82, 2.24) is 0 Å². The Labute approximate surface area is 134 Å². The van der Waals surface area contributed by atoms with E-state index in [0.29, 0.717) is 12.2 Å². The molecular weight excluding hydrogens is 294 g/mol. The summed E-state index contributed by atoms with van der Waals surface area (Å²) in [6.45, 7) is 4.29. The summed E-state index contributed by atoms with van der Waals surface area (Å²) in [5, 5.41) is 0.781. The number of nitrogens with zero attached hydrogens (tertiary/aromatic N) is 1. The van der Waals surface area contributed by atoms with Crippen LogP contribution in [0.1, 0.15) is 45.3 Å². The lowest BCUT2D eigenvalue weighted by atomic mass is 10.1. The number of fused-ring (bicyclic) bond motifs is 1. The monoisotopic (exact) mass is 313 g/mol. The van der Waals surface area contributed by atoms with Crippen molar-refractivity contribution >= 4 is 28.5 Å². The van der Waals surface area contributed by atoms with E-state index >= 15 is 0 Å². The van der Waals surface area contributed by atoms with Crippen LogP contribution in [0.25, 0.3) is 0 Å². The molecule has 0 saturated heterocycles. The van der Waals surface area contributed by atoms with Gasteiger partial charge in [0.1, 0.15) is 5.00 Å². The SMILES string of the molecule is CCOC(=O)c1c(N=Cc2ccc(C)cc2)sc2c1CCC2. The predicted molar refractivity (Wildman–Crippen MR) is 90.7 cm³/mol. The zero-order valence-electron chi connectivity index (χ0n) is 12.9. The van der Waals surface area contributed by atoms with Crippen molar-refractivity contribution in [2.75, 3.05) is 6.61 Å². The Morgan fingerprint density at radius 1 is 1.32 bits per heavy atom. The van der Waals surface area contributed by atoms with Crippen LogP contribution in [0.2, 0.25) is 0 Å². The average molecular weight is 313 g/mol. The Morgan fingerprint density at radius 3 is 2.82 bits per heavy atom. The fourth-order valence-electron chi connectivity index (χ4n) is 2.68. The summed E-state index contributed by atoms with van der Waals surface area (Å²) in [5.74, 6) is -0.238. The number of hydrogen-bond acceptors (Lipinski definition) is 4. The number of thiophene rings is 1. The largest absolute Gasteiger partial charge is 0.462 e. The smallest absolute Gasteiger partial charge is 0.341 e. The molecule has 3 nitrogen and oxygen atoms in total. The molecule has 0 N–H and O–H groups in total. The van der Waals surface area contributed by atoms with E-state index in [-0.39, 0.29) is 5.97 Å². The average Bonchev–Trinajstić information content (AvgIpc) is 3.07. The van der Waals surface area contributed by atoms with Gasteiger partial charge in [-0.1, -0.05) is 29.8 Å². The van der Waals surface area contributed by atoms with Gasteiger partial charge in [0.2, 0.25) is 0 Å². The molecule has 0 unspecified atom stereocenters. The molecule has 1 aliphatic rings. The minimum atomic E-state index is -0.238. The summed E-state index contributed by atoms with van der Waals surface area (Å²) in [6, 6.07) is 8.18. The molecule has 114 valence electrons. The maximum Gasteiger partial charge on any atom is 0.341 e. The molecule has 4 heteroatoms. The van der Waals surface area contributed by atoms with E-state index in [1.54, 1.807) is 11.3 Å². The van der Waals surface area contributed by atoms with Crippen LogP contribution in [0.5, 0.6) is 0 Å². The number of aliphatic imine (C=N–C) groups is 1. The van der Waals surface area contributed by atoms with Gasteiger partial charge in [-0.05, 0) is 44.2 Å². The van der Waals surface area contributed by atoms with Crippen molar-refractivity contribution in [2.45, 2.75) is 33.1 Å². The van der Waals surface area contributed by atoms with Crippen molar-refractivity contribution in [3.63, 3.8) is 0 Å². The molecule has 1 aromatic heterocycles. The maximum absolute atomic E-state index is 12.3. The predicted octanol–water partition coefficient (Wildman–Crippen LogP) is 4.47. The normalized spacial score (nSPS) is 13.5. The molecule has 0 radical (unpaired) electrons. The van der Waals surface area contributed by atoms with Crippen LogP contribution < -0.4 is 0 Å². The van der Waals surface area contributed by atoms with Gasteiger partial charge in [0.15, 0.2) is 0 Å². The summed E-state index contributed by atoms with van der Waals surface area (Å²) in [4.78, 5) is 18.1. The van der Waals surface area contributed by atoms with Crippen LogP contribution in [0.3, 0.4) is 0 Å². The van der Waals surface area contributed by atoms with E-state index in [1.807, 2.05) is 25.3 Å². The first-order valence-electron chi connectivity index (χ1n) is 7.61. The van der Waals surface area contributed by atoms with E-state index in [4.69, 9.17) is 4.74 Å². The van der Waals surface area contributed by atoms with Crippen molar-refractivity contribution < 1.29 is 9.53 Å². The summed E-state index contributed by atoms with van der Waals surface area (Å²) >= 11 is 1.63. The van der Waals surface area contributed by atoms with E-state index in [0.717, 1.165) is 35.4 Å². The lowest BCUT2D eigenvalue weighted by Gasteiger charge is -2.03. The number of carbonyl (C=O) groups excluding carboxylic acids is 1. The second-order valence-corrected chi connectivity index (χ2v) is 6.51. The molecule has 1 aliphatic carbocycles. The Balaban J connectivity index is 1.93. The summed E-state index contributed by atoms with van der Waals surface area (Å²) in [7, 11) is 0. The molecule has 0 saturated carbocycles. The zero-order valence-corrected chi connectivity index (χ0v) is 13.7. The van der Waals surface area contributed by atoms with Crippen molar-refractivity contribution in [2.24, 2.45) is 4.99 Å².